The van der Waals surface area contributed by atoms with E-state index in [-0.39, 0.29) is 17.7 Å². The Morgan fingerprint density at radius 2 is 1.56 bits per heavy atom. The molecule has 3 rings (SSSR count). The Kier molecular flexibility index (Phi) is 15.2. The first-order valence-corrected chi connectivity index (χ1v) is 16.7. The molecule has 0 fully saturated rings. The van der Waals surface area contributed by atoms with Crippen molar-refractivity contribution in [2.45, 2.75) is 50.9 Å². The summed E-state index contributed by atoms with van der Waals surface area (Å²) in [5.74, 6) is -15.5. The summed E-state index contributed by atoms with van der Waals surface area (Å²) in [6.45, 7) is -0.110. The fraction of sp³-hybridized carbons (Fsp3) is 0.361. The summed E-state index contributed by atoms with van der Waals surface area (Å²) in [5, 5.41) is 8.68. The van der Waals surface area contributed by atoms with Crippen LogP contribution >= 0.6 is 11.6 Å². The third-order valence-electron chi connectivity index (χ3n) is 7.95. The molecule has 4 amide bonds. The number of ether oxygens (including phenoxy) is 1. The van der Waals surface area contributed by atoms with Gasteiger partial charge in [0.2, 0.25) is 17.6 Å². The van der Waals surface area contributed by atoms with Crippen molar-refractivity contribution in [3.63, 3.8) is 0 Å². The van der Waals surface area contributed by atoms with E-state index >= 15 is 0 Å². The van der Waals surface area contributed by atoms with Crippen LogP contribution in [0.4, 0.5) is 22.0 Å². The van der Waals surface area contributed by atoms with Gasteiger partial charge in [0.05, 0.1) is 13.7 Å². The number of carbonyl (C=O) groups excluding carboxylic acids is 6. The van der Waals surface area contributed by atoms with Crippen LogP contribution in [0.3, 0.4) is 0 Å². The molecule has 0 saturated heterocycles. The molecule has 2 aromatic carbocycles. The highest BCUT2D eigenvalue weighted by Gasteiger charge is 2.52. The molecule has 0 bridgehead atoms. The van der Waals surface area contributed by atoms with Crippen molar-refractivity contribution in [1.29, 1.82) is 0 Å². The number of nitrogens with one attached hydrogen (secondary N) is 4. The SMILES string of the molecule is COc1ccc([C@H](NC(=O)[C@H](Cc2cccc(Cl)c2)NC(=O)CNC(=O)c2ccccn2)C(=O)C[C@H](C(=O)C(F)(F)C(=O)NCC(F)(F)F)C(C)C)cc1. The number of hydrogen-bond donors (Lipinski definition) is 4. The average molecular weight is 782 g/mol. The van der Waals surface area contributed by atoms with Crippen molar-refractivity contribution in [3.05, 3.63) is 94.8 Å². The van der Waals surface area contributed by atoms with Crippen LogP contribution in [0.15, 0.2) is 72.9 Å². The number of methoxy groups -OCH3 is 1. The first-order chi connectivity index (χ1) is 25.3. The lowest BCUT2D eigenvalue weighted by atomic mass is 9.82. The molecule has 0 radical (unpaired) electrons. The number of nitrogens with zero attached hydrogens (tertiary/aromatic N) is 1. The number of rotatable bonds is 18. The predicted molar refractivity (Wildman–Crippen MR) is 185 cm³/mol. The minimum Gasteiger partial charge on any atom is -0.497 e. The zero-order chi connectivity index (χ0) is 40.2. The molecular weight excluding hydrogens is 745 g/mol. The van der Waals surface area contributed by atoms with E-state index in [1.807, 2.05) is 0 Å². The molecule has 1 aromatic heterocycles. The Balaban J connectivity index is 1.91. The minimum absolute atomic E-state index is 0.0252. The number of benzene rings is 2. The van der Waals surface area contributed by atoms with E-state index in [0.29, 0.717) is 16.3 Å². The zero-order valence-corrected chi connectivity index (χ0v) is 29.9. The van der Waals surface area contributed by atoms with Crippen molar-refractivity contribution < 1.29 is 55.5 Å². The lowest BCUT2D eigenvalue weighted by Gasteiger charge is -2.27. The molecule has 12 nitrogen and oxygen atoms in total. The van der Waals surface area contributed by atoms with E-state index in [1.165, 1.54) is 63.6 Å². The standard InChI is InChI=1S/C36H37ClF5N5O7/c1-20(2)25(31(50)36(41,42)34(53)45-19-35(38,39)40)17-28(48)30(22-10-12-24(54-3)13-11-22)47-33(52)27(16-21-7-6-8-23(37)15-21)46-29(49)18-44-32(51)26-9-4-5-14-43-26/h4-15,20,25,27,30H,16-19H2,1-3H3,(H,44,51)(H,45,53)(H,46,49)(H,47,52)/t25-,27-,30-/m0/s1. The molecule has 290 valence electrons. The highest BCUT2D eigenvalue weighted by Crippen LogP contribution is 2.30. The molecule has 3 atom stereocenters. The molecule has 0 unspecified atom stereocenters. The second-order valence-corrected chi connectivity index (χ2v) is 12.8. The number of Topliss-reactive ketones (excluding diaryl/α,β-unsaturated/α-hetero) is 2. The third-order valence-corrected chi connectivity index (χ3v) is 8.19. The van der Waals surface area contributed by atoms with Gasteiger partial charge in [-0.1, -0.05) is 55.8 Å². The number of alkyl halides is 5. The van der Waals surface area contributed by atoms with Crippen molar-refractivity contribution in [2.24, 2.45) is 11.8 Å². The van der Waals surface area contributed by atoms with Gasteiger partial charge in [0, 0.05) is 30.0 Å². The van der Waals surface area contributed by atoms with Gasteiger partial charge in [-0.3, -0.25) is 33.8 Å². The highest BCUT2D eigenvalue weighted by molar-refractivity contribution is 6.30. The maximum atomic E-state index is 14.9. The number of amides is 4. The quantitative estimate of drug-likeness (QED) is 0.110. The predicted octanol–water partition coefficient (Wildman–Crippen LogP) is 4.17. The Hall–Kier alpha value is -5.45. The van der Waals surface area contributed by atoms with Crippen molar-refractivity contribution in [2.75, 3.05) is 20.2 Å². The summed E-state index contributed by atoms with van der Waals surface area (Å²) in [6, 6.07) is 13.4. The number of carbonyl (C=O) groups is 6. The first-order valence-electron chi connectivity index (χ1n) is 16.3. The normalized spacial score (nSPS) is 13.2. The van der Waals surface area contributed by atoms with Crippen molar-refractivity contribution in [1.82, 2.24) is 26.3 Å². The van der Waals surface area contributed by atoms with Gasteiger partial charge in [-0.15, -0.1) is 0 Å². The van der Waals surface area contributed by atoms with Gasteiger partial charge in [-0.05, 0) is 53.4 Å². The molecule has 0 spiro atoms. The number of pyridine rings is 1. The van der Waals surface area contributed by atoms with E-state index in [0.717, 1.165) is 5.32 Å². The maximum absolute atomic E-state index is 14.9. The zero-order valence-electron chi connectivity index (χ0n) is 29.1. The molecule has 4 N–H and O–H groups in total. The van der Waals surface area contributed by atoms with Crippen LogP contribution < -0.4 is 26.0 Å². The average Bonchev–Trinajstić information content (AvgIpc) is 3.13. The van der Waals surface area contributed by atoms with Gasteiger partial charge in [0.25, 0.3) is 11.8 Å². The molecule has 18 heteroatoms. The fourth-order valence-electron chi connectivity index (χ4n) is 5.09. The Morgan fingerprint density at radius 3 is 2.13 bits per heavy atom. The summed E-state index contributed by atoms with van der Waals surface area (Å²) in [6.07, 6.45) is -4.81. The summed E-state index contributed by atoms with van der Waals surface area (Å²) < 4.78 is 72.8. The van der Waals surface area contributed by atoms with E-state index in [4.69, 9.17) is 16.3 Å². The minimum atomic E-state index is -5.04. The Labute approximate surface area is 311 Å². The lowest BCUT2D eigenvalue weighted by Crippen LogP contribution is -2.53. The molecular formula is C36H37ClF5N5O7. The lowest BCUT2D eigenvalue weighted by molar-refractivity contribution is -0.167. The number of hydrogen-bond acceptors (Lipinski definition) is 8. The summed E-state index contributed by atoms with van der Waals surface area (Å²) >= 11 is 6.12. The number of ketones is 2. The van der Waals surface area contributed by atoms with E-state index in [2.05, 4.69) is 20.9 Å². The van der Waals surface area contributed by atoms with Gasteiger partial charge in [0.1, 0.15) is 30.1 Å². The Bertz CT molecular complexity index is 1810. The van der Waals surface area contributed by atoms with Gasteiger partial charge in [-0.25, -0.2) is 0 Å². The molecule has 0 aliphatic carbocycles. The fourth-order valence-corrected chi connectivity index (χ4v) is 5.31. The molecule has 3 aromatic rings. The summed E-state index contributed by atoms with van der Waals surface area (Å²) in [4.78, 5) is 82.2. The smallest absolute Gasteiger partial charge is 0.405 e. The highest BCUT2D eigenvalue weighted by atomic mass is 35.5. The Morgan fingerprint density at radius 1 is 0.870 bits per heavy atom. The molecule has 0 aliphatic rings. The van der Waals surface area contributed by atoms with Crippen molar-refractivity contribution in [3.8, 4) is 5.75 Å². The van der Waals surface area contributed by atoms with E-state index in [9.17, 15) is 50.7 Å². The van der Waals surface area contributed by atoms with Gasteiger partial charge in [-0.2, -0.15) is 22.0 Å². The molecule has 54 heavy (non-hydrogen) atoms. The number of aromatic nitrogens is 1. The van der Waals surface area contributed by atoms with Gasteiger partial charge in [0.15, 0.2) is 5.78 Å². The van der Waals surface area contributed by atoms with Crippen LogP contribution in [0.5, 0.6) is 5.75 Å². The van der Waals surface area contributed by atoms with E-state index < -0.39 is 90.7 Å². The van der Waals surface area contributed by atoms with Crippen LogP contribution in [-0.4, -0.2) is 78.5 Å². The molecule has 1 heterocycles. The first kappa shape index (κ1) is 43.0. The van der Waals surface area contributed by atoms with Crippen LogP contribution in [0.1, 0.15) is 47.9 Å². The van der Waals surface area contributed by atoms with E-state index in [1.54, 1.807) is 30.3 Å². The third kappa shape index (κ3) is 12.6. The second-order valence-electron chi connectivity index (χ2n) is 12.3. The molecule has 0 aliphatic heterocycles. The number of halogens is 6. The largest absolute Gasteiger partial charge is 0.497 e. The topological polar surface area (TPSA) is 173 Å². The van der Waals surface area contributed by atoms with Gasteiger partial charge < -0.3 is 26.0 Å². The summed E-state index contributed by atoms with van der Waals surface area (Å²) in [7, 11) is 1.37. The van der Waals surface area contributed by atoms with Crippen LogP contribution in [-0.2, 0) is 30.4 Å². The van der Waals surface area contributed by atoms with Gasteiger partial charge >= 0.3 is 12.1 Å². The maximum Gasteiger partial charge on any atom is 0.405 e. The summed E-state index contributed by atoms with van der Waals surface area (Å²) in [5.41, 5.74) is 0.607. The monoisotopic (exact) mass is 781 g/mol. The van der Waals surface area contributed by atoms with Crippen LogP contribution in [0, 0.1) is 11.8 Å². The molecule has 0 saturated carbocycles. The van der Waals surface area contributed by atoms with Crippen LogP contribution in [0.2, 0.25) is 5.02 Å². The van der Waals surface area contributed by atoms with Crippen LogP contribution in [0.25, 0.3) is 0 Å². The van der Waals surface area contributed by atoms with Crippen molar-refractivity contribution >= 4 is 46.8 Å². The second kappa shape index (κ2) is 19.0.